The molecule has 1 fully saturated rings. The fourth-order valence-electron chi connectivity index (χ4n) is 3.89. The quantitative estimate of drug-likeness (QED) is 0.388. The van der Waals surface area contributed by atoms with Crippen molar-refractivity contribution < 1.29 is 19.4 Å². The second kappa shape index (κ2) is 8.44. The first-order valence-electron chi connectivity index (χ1n) is 9.88. The minimum Gasteiger partial charge on any atom is -0.507 e. The Labute approximate surface area is 180 Å². The largest absolute Gasteiger partial charge is 0.507 e. The minimum absolute atomic E-state index is 0.0772. The number of ether oxygens (including phenoxy) is 1. The van der Waals surface area contributed by atoms with Gasteiger partial charge in [-0.15, -0.1) is 0 Å². The van der Waals surface area contributed by atoms with E-state index in [1.54, 1.807) is 43.8 Å². The summed E-state index contributed by atoms with van der Waals surface area (Å²) in [7, 11) is 1.56. The number of amides is 1. The van der Waals surface area contributed by atoms with Gasteiger partial charge < -0.3 is 14.7 Å². The Kier molecular flexibility index (Phi) is 5.54. The van der Waals surface area contributed by atoms with Gasteiger partial charge in [0.1, 0.15) is 11.5 Å². The van der Waals surface area contributed by atoms with Crippen LogP contribution in [0.4, 0.5) is 0 Å². The molecule has 2 aromatic carbocycles. The summed E-state index contributed by atoms with van der Waals surface area (Å²) >= 11 is 0. The third kappa shape index (κ3) is 3.80. The number of methoxy groups -OCH3 is 1. The fraction of sp³-hybridized carbons (Fsp3) is 0.160. The van der Waals surface area contributed by atoms with E-state index in [1.807, 2.05) is 43.3 Å². The van der Waals surface area contributed by atoms with Gasteiger partial charge in [-0.3, -0.25) is 14.6 Å². The van der Waals surface area contributed by atoms with E-state index in [0.717, 1.165) is 16.7 Å². The van der Waals surface area contributed by atoms with Gasteiger partial charge in [-0.05, 0) is 47.9 Å². The molecule has 6 heteroatoms. The number of carbonyl (C=O) groups is 2. The summed E-state index contributed by atoms with van der Waals surface area (Å²) in [5.74, 6) is -0.900. The highest BCUT2D eigenvalue weighted by Crippen LogP contribution is 2.40. The summed E-state index contributed by atoms with van der Waals surface area (Å²) in [6.07, 6.45) is 3.31. The maximum Gasteiger partial charge on any atom is 0.295 e. The summed E-state index contributed by atoms with van der Waals surface area (Å²) in [4.78, 5) is 31.7. The van der Waals surface area contributed by atoms with Crippen LogP contribution in [0.5, 0.6) is 5.75 Å². The van der Waals surface area contributed by atoms with Crippen molar-refractivity contribution in [1.29, 1.82) is 0 Å². The van der Waals surface area contributed by atoms with Gasteiger partial charge in [0.2, 0.25) is 0 Å². The molecule has 0 saturated carbocycles. The number of Topliss-reactive ketones (excluding diaryl/α,β-unsaturated/α-hetero) is 1. The van der Waals surface area contributed by atoms with Crippen molar-refractivity contribution in [2.24, 2.45) is 0 Å². The van der Waals surface area contributed by atoms with Crippen molar-refractivity contribution in [2.45, 2.75) is 19.5 Å². The lowest BCUT2D eigenvalue weighted by atomic mass is 9.94. The average Bonchev–Trinajstić information content (AvgIpc) is 3.04. The van der Waals surface area contributed by atoms with E-state index >= 15 is 0 Å². The molecule has 0 radical (unpaired) electrons. The molecule has 156 valence electrons. The van der Waals surface area contributed by atoms with E-state index in [4.69, 9.17) is 4.74 Å². The first-order valence-corrected chi connectivity index (χ1v) is 9.88. The first-order chi connectivity index (χ1) is 15.0. The van der Waals surface area contributed by atoms with E-state index in [-0.39, 0.29) is 17.9 Å². The van der Waals surface area contributed by atoms with Gasteiger partial charge in [0.25, 0.3) is 11.7 Å². The maximum absolute atomic E-state index is 13.1. The monoisotopic (exact) mass is 414 g/mol. The normalized spacial score (nSPS) is 17.7. The second-order valence-corrected chi connectivity index (χ2v) is 7.38. The van der Waals surface area contributed by atoms with Crippen molar-refractivity contribution in [3.05, 3.63) is 101 Å². The zero-order valence-corrected chi connectivity index (χ0v) is 17.3. The molecule has 1 atom stereocenters. The Bertz CT molecular complexity index is 1160. The molecule has 1 aliphatic rings. The lowest BCUT2D eigenvalue weighted by molar-refractivity contribution is -0.140. The summed E-state index contributed by atoms with van der Waals surface area (Å²) in [6.45, 7) is 2.02. The smallest absolute Gasteiger partial charge is 0.295 e. The van der Waals surface area contributed by atoms with Crippen LogP contribution in [0, 0.1) is 6.92 Å². The predicted octanol–water partition coefficient (Wildman–Crippen LogP) is 4.02. The van der Waals surface area contributed by atoms with Gasteiger partial charge >= 0.3 is 0 Å². The molecule has 1 N–H and O–H groups in total. The Morgan fingerprint density at radius 2 is 1.87 bits per heavy atom. The Balaban J connectivity index is 1.86. The lowest BCUT2D eigenvalue weighted by Crippen LogP contribution is -2.29. The highest BCUT2D eigenvalue weighted by atomic mass is 16.5. The molecule has 3 aromatic rings. The summed E-state index contributed by atoms with van der Waals surface area (Å²) in [5.41, 5.74) is 2.85. The van der Waals surface area contributed by atoms with Crippen LogP contribution in [-0.2, 0) is 16.1 Å². The van der Waals surface area contributed by atoms with Crippen molar-refractivity contribution in [1.82, 2.24) is 9.88 Å². The number of hydrogen-bond donors (Lipinski definition) is 1. The average molecular weight is 414 g/mol. The molecule has 4 rings (SSSR count). The van der Waals surface area contributed by atoms with E-state index in [9.17, 15) is 14.7 Å². The molecule has 0 spiro atoms. The zero-order chi connectivity index (χ0) is 22.0. The predicted molar refractivity (Wildman–Crippen MR) is 116 cm³/mol. The van der Waals surface area contributed by atoms with Crippen molar-refractivity contribution >= 4 is 17.4 Å². The summed E-state index contributed by atoms with van der Waals surface area (Å²) < 4.78 is 5.23. The van der Waals surface area contributed by atoms with Gasteiger partial charge in [-0.25, -0.2) is 0 Å². The molecule has 1 aliphatic heterocycles. The van der Waals surface area contributed by atoms with Crippen LogP contribution in [0.15, 0.2) is 78.6 Å². The molecule has 0 unspecified atom stereocenters. The van der Waals surface area contributed by atoms with Crippen molar-refractivity contribution in [3.8, 4) is 5.75 Å². The lowest BCUT2D eigenvalue weighted by Gasteiger charge is -2.25. The number of aromatic nitrogens is 1. The number of carbonyl (C=O) groups excluding carboxylic acids is 2. The molecule has 0 aliphatic carbocycles. The SMILES string of the molecule is COc1ccc(C(O)=C2C(=O)C(=O)N(Cc3cccnc3)[C@H]2c2ccccc2)c(C)c1. The number of hydrogen-bond acceptors (Lipinski definition) is 5. The number of benzene rings is 2. The van der Waals surface area contributed by atoms with Crippen LogP contribution in [0.2, 0.25) is 0 Å². The number of ketones is 1. The van der Waals surface area contributed by atoms with Gasteiger partial charge in [0, 0.05) is 24.5 Å². The number of aryl methyl sites for hydroxylation is 1. The van der Waals surface area contributed by atoms with E-state index in [0.29, 0.717) is 11.3 Å². The number of pyridine rings is 1. The van der Waals surface area contributed by atoms with Crippen LogP contribution in [0.25, 0.3) is 5.76 Å². The van der Waals surface area contributed by atoms with Crippen LogP contribution < -0.4 is 4.74 Å². The van der Waals surface area contributed by atoms with Gasteiger partial charge in [0.05, 0.1) is 18.7 Å². The molecule has 1 saturated heterocycles. The molecular formula is C25H22N2O4. The molecule has 2 heterocycles. The number of likely N-dealkylation sites (tertiary alicyclic amines) is 1. The van der Waals surface area contributed by atoms with Crippen LogP contribution in [0.1, 0.15) is 28.3 Å². The fourth-order valence-corrected chi connectivity index (χ4v) is 3.89. The number of aliphatic hydroxyl groups excluding tert-OH is 1. The molecule has 1 amide bonds. The highest BCUT2D eigenvalue weighted by Gasteiger charge is 2.46. The van der Waals surface area contributed by atoms with E-state index in [2.05, 4.69) is 4.98 Å². The van der Waals surface area contributed by atoms with Crippen molar-refractivity contribution in [2.75, 3.05) is 7.11 Å². The number of nitrogens with zero attached hydrogens (tertiary/aromatic N) is 2. The van der Waals surface area contributed by atoms with Gasteiger partial charge in [-0.2, -0.15) is 0 Å². The summed E-state index contributed by atoms with van der Waals surface area (Å²) in [6, 6.07) is 17.4. The van der Waals surface area contributed by atoms with Crippen LogP contribution in [-0.4, -0.2) is 33.8 Å². The molecule has 0 bridgehead atoms. The van der Waals surface area contributed by atoms with Gasteiger partial charge in [-0.1, -0.05) is 36.4 Å². The number of rotatable bonds is 5. The number of aliphatic hydroxyl groups is 1. The Hall–Kier alpha value is -3.93. The zero-order valence-electron chi connectivity index (χ0n) is 17.3. The third-order valence-electron chi connectivity index (χ3n) is 5.42. The van der Waals surface area contributed by atoms with Crippen LogP contribution >= 0.6 is 0 Å². The first kappa shape index (κ1) is 20.3. The maximum atomic E-state index is 13.1. The summed E-state index contributed by atoms with van der Waals surface area (Å²) in [5, 5.41) is 11.2. The standard InChI is InChI=1S/C25H22N2O4/c1-16-13-19(31-2)10-11-20(16)23(28)21-22(18-8-4-3-5-9-18)27(25(30)24(21)29)15-17-7-6-12-26-14-17/h3-14,22,28H,15H2,1-2H3/t22-/m0/s1. The molecule has 6 nitrogen and oxygen atoms in total. The van der Waals surface area contributed by atoms with Crippen LogP contribution in [0.3, 0.4) is 0 Å². The Morgan fingerprint density at radius 1 is 1.10 bits per heavy atom. The van der Waals surface area contributed by atoms with Gasteiger partial charge in [0.15, 0.2) is 0 Å². The molecule has 1 aromatic heterocycles. The second-order valence-electron chi connectivity index (χ2n) is 7.38. The Morgan fingerprint density at radius 3 is 2.52 bits per heavy atom. The third-order valence-corrected chi connectivity index (χ3v) is 5.42. The van der Waals surface area contributed by atoms with Crippen molar-refractivity contribution in [3.63, 3.8) is 0 Å². The molecular weight excluding hydrogens is 392 g/mol. The highest BCUT2D eigenvalue weighted by molar-refractivity contribution is 6.46. The molecule has 31 heavy (non-hydrogen) atoms. The topological polar surface area (TPSA) is 79.7 Å². The van der Waals surface area contributed by atoms with E-state index < -0.39 is 17.7 Å². The minimum atomic E-state index is -0.706. The van der Waals surface area contributed by atoms with E-state index in [1.165, 1.54) is 4.90 Å².